The minimum atomic E-state index is 0.501. The van der Waals surface area contributed by atoms with Gasteiger partial charge in [-0.25, -0.2) is 15.0 Å². The Morgan fingerprint density at radius 1 is 1.43 bits per heavy atom. The van der Waals surface area contributed by atoms with Gasteiger partial charge in [-0.3, -0.25) is 0 Å². The SMILES string of the molecule is Cc1nc(-c2ncc(I)c(N)n2)cs1. The van der Waals surface area contributed by atoms with Crippen LogP contribution in [0.5, 0.6) is 0 Å². The molecule has 4 nitrogen and oxygen atoms in total. The molecule has 0 radical (unpaired) electrons. The van der Waals surface area contributed by atoms with Gasteiger partial charge >= 0.3 is 0 Å². The van der Waals surface area contributed by atoms with E-state index in [1.165, 1.54) is 0 Å². The van der Waals surface area contributed by atoms with E-state index < -0.39 is 0 Å². The zero-order chi connectivity index (χ0) is 10.1. The number of thiazole rings is 1. The largest absolute Gasteiger partial charge is 0.383 e. The van der Waals surface area contributed by atoms with Gasteiger partial charge in [0.1, 0.15) is 11.5 Å². The topological polar surface area (TPSA) is 64.7 Å². The van der Waals surface area contributed by atoms with Crippen LogP contribution in [0.1, 0.15) is 5.01 Å². The number of nitrogen functional groups attached to an aromatic ring is 1. The maximum absolute atomic E-state index is 5.68. The van der Waals surface area contributed by atoms with Gasteiger partial charge in [0.2, 0.25) is 0 Å². The van der Waals surface area contributed by atoms with Crippen LogP contribution in [0, 0.1) is 10.5 Å². The van der Waals surface area contributed by atoms with Gasteiger partial charge in [0, 0.05) is 11.6 Å². The lowest BCUT2D eigenvalue weighted by Gasteiger charge is -1.98. The van der Waals surface area contributed by atoms with Gasteiger partial charge in [-0.15, -0.1) is 11.3 Å². The smallest absolute Gasteiger partial charge is 0.181 e. The van der Waals surface area contributed by atoms with Gasteiger partial charge in [-0.1, -0.05) is 0 Å². The molecule has 6 heteroatoms. The van der Waals surface area contributed by atoms with E-state index in [9.17, 15) is 0 Å². The van der Waals surface area contributed by atoms with Gasteiger partial charge in [-0.2, -0.15) is 0 Å². The third-order valence-corrected chi connectivity index (χ3v) is 3.22. The third kappa shape index (κ3) is 1.85. The Hall–Kier alpha value is -0.760. The fraction of sp³-hybridized carbons (Fsp3) is 0.125. The molecule has 0 fully saturated rings. The minimum Gasteiger partial charge on any atom is -0.383 e. The Kier molecular flexibility index (Phi) is 2.64. The molecule has 0 saturated heterocycles. The van der Waals surface area contributed by atoms with E-state index in [0.29, 0.717) is 11.6 Å². The summed E-state index contributed by atoms with van der Waals surface area (Å²) < 4.78 is 0.860. The van der Waals surface area contributed by atoms with Crippen molar-refractivity contribution in [1.29, 1.82) is 0 Å². The Balaban J connectivity index is 2.47. The quantitative estimate of drug-likeness (QED) is 0.818. The summed E-state index contributed by atoms with van der Waals surface area (Å²) in [5, 5.41) is 2.93. The second-order valence-corrected chi connectivity index (χ2v) is 4.90. The summed E-state index contributed by atoms with van der Waals surface area (Å²) in [4.78, 5) is 12.6. The molecule has 0 aliphatic carbocycles. The van der Waals surface area contributed by atoms with Gasteiger partial charge in [0.15, 0.2) is 5.82 Å². The van der Waals surface area contributed by atoms with E-state index in [4.69, 9.17) is 5.73 Å². The first kappa shape index (κ1) is 9.78. The van der Waals surface area contributed by atoms with Crippen molar-refractivity contribution in [2.45, 2.75) is 6.92 Å². The lowest BCUT2D eigenvalue weighted by atomic mass is 10.4. The third-order valence-electron chi connectivity index (χ3n) is 1.62. The van der Waals surface area contributed by atoms with Crippen molar-refractivity contribution in [2.75, 3.05) is 5.73 Å². The van der Waals surface area contributed by atoms with Gasteiger partial charge < -0.3 is 5.73 Å². The normalized spacial score (nSPS) is 10.4. The minimum absolute atomic E-state index is 0.501. The molecular weight excluding hydrogens is 311 g/mol. The zero-order valence-corrected chi connectivity index (χ0v) is 10.3. The first-order chi connectivity index (χ1) is 6.66. The lowest BCUT2D eigenvalue weighted by Crippen LogP contribution is -1.98. The molecule has 2 N–H and O–H groups in total. The van der Waals surface area contributed by atoms with Crippen molar-refractivity contribution in [2.24, 2.45) is 0 Å². The molecule has 2 rings (SSSR count). The van der Waals surface area contributed by atoms with Crippen LogP contribution in [0.15, 0.2) is 11.6 Å². The molecule has 0 aliphatic rings. The fourth-order valence-electron chi connectivity index (χ4n) is 0.970. The monoisotopic (exact) mass is 318 g/mol. The average molecular weight is 318 g/mol. The number of halogens is 1. The van der Waals surface area contributed by atoms with E-state index in [2.05, 4.69) is 37.5 Å². The number of hydrogen-bond donors (Lipinski definition) is 1. The number of anilines is 1. The maximum Gasteiger partial charge on any atom is 0.181 e. The predicted molar refractivity (Wildman–Crippen MR) is 65.0 cm³/mol. The summed E-state index contributed by atoms with van der Waals surface area (Å²) in [6, 6.07) is 0. The number of nitrogens with zero attached hydrogens (tertiary/aromatic N) is 3. The van der Waals surface area contributed by atoms with Crippen LogP contribution in [0.4, 0.5) is 5.82 Å². The molecule has 0 spiro atoms. The standard InChI is InChI=1S/C8H7IN4S/c1-4-12-6(3-14-4)8-11-2-5(9)7(10)13-8/h2-3H,1H3,(H2,10,11,13). The van der Waals surface area contributed by atoms with Gasteiger partial charge in [-0.05, 0) is 29.5 Å². The predicted octanol–water partition coefficient (Wildman–Crippen LogP) is 2.10. The summed E-state index contributed by atoms with van der Waals surface area (Å²) in [6.07, 6.45) is 1.70. The molecule has 0 aliphatic heterocycles. The second kappa shape index (κ2) is 3.77. The first-order valence-electron chi connectivity index (χ1n) is 3.87. The Morgan fingerprint density at radius 3 is 2.79 bits per heavy atom. The van der Waals surface area contributed by atoms with Crippen molar-refractivity contribution in [3.05, 3.63) is 20.2 Å². The van der Waals surface area contributed by atoms with E-state index in [1.807, 2.05) is 12.3 Å². The molecule has 14 heavy (non-hydrogen) atoms. The number of nitrogens with two attached hydrogens (primary N) is 1. The van der Waals surface area contributed by atoms with Crippen molar-refractivity contribution in [3.63, 3.8) is 0 Å². The summed E-state index contributed by atoms with van der Waals surface area (Å²) >= 11 is 3.67. The summed E-state index contributed by atoms with van der Waals surface area (Å²) in [5.74, 6) is 1.09. The molecule has 0 unspecified atom stereocenters. The Bertz CT molecular complexity index is 468. The molecule has 0 bridgehead atoms. The molecule has 72 valence electrons. The molecule has 2 aromatic heterocycles. The highest BCUT2D eigenvalue weighted by Crippen LogP contribution is 2.20. The first-order valence-corrected chi connectivity index (χ1v) is 5.83. The molecule has 0 atom stereocenters. The van der Waals surface area contributed by atoms with Crippen LogP contribution < -0.4 is 5.73 Å². The maximum atomic E-state index is 5.68. The van der Waals surface area contributed by atoms with Crippen LogP contribution in [-0.4, -0.2) is 15.0 Å². The number of hydrogen-bond acceptors (Lipinski definition) is 5. The van der Waals surface area contributed by atoms with E-state index in [-0.39, 0.29) is 0 Å². The molecule has 2 heterocycles. The van der Waals surface area contributed by atoms with Crippen molar-refractivity contribution < 1.29 is 0 Å². The van der Waals surface area contributed by atoms with Gasteiger partial charge in [0.25, 0.3) is 0 Å². The number of aromatic nitrogens is 3. The summed E-state index contributed by atoms with van der Waals surface area (Å²) in [7, 11) is 0. The van der Waals surface area contributed by atoms with Crippen LogP contribution in [0.3, 0.4) is 0 Å². The average Bonchev–Trinajstić information content (AvgIpc) is 2.57. The lowest BCUT2D eigenvalue weighted by molar-refractivity contribution is 1.14. The Morgan fingerprint density at radius 2 is 2.21 bits per heavy atom. The van der Waals surface area contributed by atoms with Crippen LogP contribution >= 0.6 is 33.9 Å². The van der Waals surface area contributed by atoms with Crippen molar-refractivity contribution in [1.82, 2.24) is 15.0 Å². The van der Waals surface area contributed by atoms with Gasteiger partial charge in [0.05, 0.1) is 8.58 Å². The molecule has 0 amide bonds. The summed E-state index contributed by atoms with van der Waals surface area (Å²) in [5.41, 5.74) is 6.47. The molecule has 2 aromatic rings. The van der Waals surface area contributed by atoms with E-state index in [1.54, 1.807) is 17.5 Å². The Labute approximate surface area is 98.8 Å². The summed E-state index contributed by atoms with van der Waals surface area (Å²) in [6.45, 7) is 1.95. The van der Waals surface area contributed by atoms with Crippen molar-refractivity contribution >= 4 is 39.7 Å². The highest BCUT2D eigenvalue weighted by Gasteiger charge is 2.06. The van der Waals surface area contributed by atoms with Crippen LogP contribution in [-0.2, 0) is 0 Å². The molecular formula is C8H7IN4S. The second-order valence-electron chi connectivity index (χ2n) is 2.68. The van der Waals surface area contributed by atoms with Crippen LogP contribution in [0.25, 0.3) is 11.5 Å². The number of rotatable bonds is 1. The zero-order valence-electron chi connectivity index (χ0n) is 7.36. The van der Waals surface area contributed by atoms with Crippen LogP contribution in [0.2, 0.25) is 0 Å². The molecule has 0 aromatic carbocycles. The highest BCUT2D eigenvalue weighted by molar-refractivity contribution is 14.1. The van der Waals surface area contributed by atoms with E-state index in [0.717, 1.165) is 14.3 Å². The molecule has 0 saturated carbocycles. The van der Waals surface area contributed by atoms with E-state index >= 15 is 0 Å². The number of aryl methyl sites for hydroxylation is 1. The fourth-order valence-corrected chi connectivity index (χ4v) is 1.82. The van der Waals surface area contributed by atoms with Crippen molar-refractivity contribution in [3.8, 4) is 11.5 Å². The highest BCUT2D eigenvalue weighted by atomic mass is 127.